The molecule has 2 heterocycles. The first-order chi connectivity index (χ1) is 12.9. The Bertz CT molecular complexity index is 1090. The number of aromatic nitrogens is 2. The molecule has 3 rings (SSSR count). The number of fused-ring (bicyclic) bond motifs is 1. The van der Waals surface area contributed by atoms with E-state index in [2.05, 4.69) is 19.6 Å². The zero-order chi connectivity index (χ0) is 19.6. The van der Waals surface area contributed by atoms with Crippen molar-refractivity contribution < 1.29 is 23.5 Å². The van der Waals surface area contributed by atoms with Crippen molar-refractivity contribution in [3.63, 3.8) is 0 Å². The summed E-state index contributed by atoms with van der Waals surface area (Å²) >= 11 is 0.838. The maximum atomic E-state index is 12.4. The minimum atomic E-state index is -0.714. The Hall–Kier alpha value is -3.27. The molecule has 1 N–H and O–H groups in total. The highest BCUT2D eigenvalue weighted by molar-refractivity contribution is 7.10. The van der Waals surface area contributed by atoms with Gasteiger partial charge in [0.15, 0.2) is 5.00 Å². The zero-order valence-corrected chi connectivity index (χ0v) is 15.5. The van der Waals surface area contributed by atoms with Crippen LogP contribution in [0.1, 0.15) is 21.6 Å². The van der Waals surface area contributed by atoms with Gasteiger partial charge in [-0.25, -0.2) is 9.59 Å². The fourth-order valence-corrected chi connectivity index (χ4v) is 3.11. The lowest BCUT2D eigenvalue weighted by Crippen LogP contribution is -2.21. The minimum Gasteiger partial charge on any atom is -0.497 e. The van der Waals surface area contributed by atoms with E-state index in [0.717, 1.165) is 11.5 Å². The van der Waals surface area contributed by atoms with E-state index < -0.39 is 17.5 Å². The summed E-state index contributed by atoms with van der Waals surface area (Å²) in [5.41, 5.74) is 0.529. The highest BCUT2D eigenvalue weighted by Crippen LogP contribution is 2.24. The Balaban J connectivity index is 1.88. The van der Waals surface area contributed by atoms with Gasteiger partial charge in [0, 0.05) is 23.0 Å². The molecular weight excluding hydrogens is 374 g/mol. The van der Waals surface area contributed by atoms with Crippen molar-refractivity contribution in [1.29, 1.82) is 0 Å². The largest absolute Gasteiger partial charge is 0.497 e. The highest BCUT2D eigenvalue weighted by atomic mass is 32.1. The predicted octanol–water partition coefficient (Wildman–Crippen LogP) is 1.93. The first-order valence-electron chi connectivity index (χ1n) is 7.75. The third kappa shape index (κ3) is 3.65. The summed E-state index contributed by atoms with van der Waals surface area (Å²) in [7, 11) is 2.72. The van der Waals surface area contributed by atoms with Crippen molar-refractivity contribution in [3.8, 4) is 5.75 Å². The molecule has 0 saturated heterocycles. The standard InChI is InChI=1S/C17H15N3O6S/c1-8-10-5-4-9(24-2)6-12(10)26-16(22)11(8)7-13(21)18-15-14(17(23)25-3)19-20-27-15/h4-6H,7H2,1-3H3,(H,18,21). The van der Waals surface area contributed by atoms with Crippen LogP contribution in [0, 0.1) is 6.92 Å². The zero-order valence-electron chi connectivity index (χ0n) is 14.7. The maximum absolute atomic E-state index is 12.4. The number of hydrogen-bond acceptors (Lipinski definition) is 9. The summed E-state index contributed by atoms with van der Waals surface area (Å²) in [6.07, 6.45) is -0.228. The quantitative estimate of drug-likeness (QED) is 0.519. The van der Waals surface area contributed by atoms with E-state index in [9.17, 15) is 14.4 Å². The van der Waals surface area contributed by atoms with Gasteiger partial charge in [0.2, 0.25) is 11.6 Å². The van der Waals surface area contributed by atoms with Crippen LogP contribution in [0.25, 0.3) is 11.0 Å². The van der Waals surface area contributed by atoms with Crippen molar-refractivity contribution in [2.24, 2.45) is 0 Å². The molecule has 140 valence electrons. The van der Waals surface area contributed by atoms with Crippen LogP contribution in [0.5, 0.6) is 5.75 Å². The molecule has 27 heavy (non-hydrogen) atoms. The summed E-state index contributed by atoms with van der Waals surface area (Å²) in [6, 6.07) is 5.11. The number of nitrogens with zero attached hydrogens (tertiary/aromatic N) is 2. The van der Waals surface area contributed by atoms with E-state index >= 15 is 0 Å². The molecule has 0 atom stereocenters. The van der Waals surface area contributed by atoms with Gasteiger partial charge >= 0.3 is 11.6 Å². The van der Waals surface area contributed by atoms with Gasteiger partial charge in [0.05, 0.1) is 26.2 Å². The fraction of sp³-hybridized carbons (Fsp3) is 0.235. The number of carbonyl (C=O) groups excluding carboxylic acids is 2. The molecular formula is C17H15N3O6S. The van der Waals surface area contributed by atoms with E-state index in [1.165, 1.54) is 14.2 Å². The molecule has 10 heteroatoms. The number of rotatable bonds is 5. The van der Waals surface area contributed by atoms with Gasteiger partial charge in [-0.2, -0.15) is 0 Å². The molecule has 3 aromatic rings. The second kappa shape index (κ2) is 7.54. The Labute approximate surface area is 157 Å². The smallest absolute Gasteiger partial charge is 0.361 e. The van der Waals surface area contributed by atoms with Crippen molar-refractivity contribution >= 4 is 39.4 Å². The molecule has 0 bridgehead atoms. The monoisotopic (exact) mass is 389 g/mol. The Kier molecular flexibility index (Phi) is 5.17. The molecule has 0 fully saturated rings. The second-order valence-electron chi connectivity index (χ2n) is 5.52. The Morgan fingerprint density at radius 1 is 1.30 bits per heavy atom. The number of hydrogen-bond donors (Lipinski definition) is 1. The number of nitrogens with one attached hydrogen (secondary N) is 1. The van der Waals surface area contributed by atoms with Crippen LogP contribution >= 0.6 is 11.5 Å². The number of carbonyl (C=O) groups is 2. The van der Waals surface area contributed by atoms with Gasteiger partial charge in [-0.15, -0.1) is 5.10 Å². The number of anilines is 1. The van der Waals surface area contributed by atoms with E-state index in [1.54, 1.807) is 25.1 Å². The lowest BCUT2D eigenvalue weighted by molar-refractivity contribution is -0.115. The van der Waals surface area contributed by atoms with Crippen LogP contribution in [-0.4, -0.2) is 35.7 Å². The van der Waals surface area contributed by atoms with Crippen LogP contribution < -0.4 is 15.7 Å². The lowest BCUT2D eigenvalue weighted by atomic mass is 10.0. The molecule has 9 nitrogen and oxygen atoms in total. The third-order valence-corrected chi connectivity index (χ3v) is 4.59. The SMILES string of the molecule is COC(=O)c1nnsc1NC(=O)Cc1c(C)c2ccc(OC)cc2oc1=O. The molecule has 1 aromatic carbocycles. The second-order valence-corrected chi connectivity index (χ2v) is 6.28. The van der Waals surface area contributed by atoms with Crippen LogP contribution in [0.2, 0.25) is 0 Å². The van der Waals surface area contributed by atoms with Crippen molar-refractivity contribution in [1.82, 2.24) is 9.59 Å². The molecule has 2 aromatic heterocycles. The lowest BCUT2D eigenvalue weighted by Gasteiger charge is -2.09. The topological polar surface area (TPSA) is 121 Å². The van der Waals surface area contributed by atoms with Gasteiger partial charge in [-0.1, -0.05) is 4.49 Å². The first-order valence-corrected chi connectivity index (χ1v) is 8.52. The molecule has 0 radical (unpaired) electrons. The van der Waals surface area contributed by atoms with Crippen molar-refractivity contribution in [3.05, 3.63) is 45.4 Å². The molecule has 0 spiro atoms. The van der Waals surface area contributed by atoms with E-state index in [0.29, 0.717) is 22.3 Å². The summed E-state index contributed by atoms with van der Waals surface area (Å²) in [6.45, 7) is 1.74. The average Bonchev–Trinajstić information content (AvgIpc) is 3.11. The minimum absolute atomic E-state index is 0.0924. The summed E-state index contributed by atoms with van der Waals surface area (Å²) in [5.74, 6) is -0.660. The number of ether oxygens (including phenoxy) is 2. The number of methoxy groups -OCH3 is 2. The van der Waals surface area contributed by atoms with Crippen molar-refractivity contribution in [2.45, 2.75) is 13.3 Å². The van der Waals surface area contributed by atoms with E-state index in [-0.39, 0.29) is 22.7 Å². The number of esters is 1. The van der Waals surface area contributed by atoms with Crippen LogP contribution in [0.15, 0.2) is 27.4 Å². The van der Waals surface area contributed by atoms with Crippen LogP contribution in [-0.2, 0) is 16.0 Å². The van der Waals surface area contributed by atoms with Gasteiger partial charge in [0.1, 0.15) is 11.3 Å². The maximum Gasteiger partial charge on any atom is 0.361 e. The summed E-state index contributed by atoms with van der Waals surface area (Å²) in [4.78, 5) is 36.3. The number of amides is 1. The van der Waals surface area contributed by atoms with Crippen LogP contribution in [0.3, 0.4) is 0 Å². The van der Waals surface area contributed by atoms with E-state index in [1.807, 2.05) is 0 Å². The fourth-order valence-electron chi connectivity index (χ4n) is 2.54. The Morgan fingerprint density at radius 3 is 2.78 bits per heavy atom. The van der Waals surface area contributed by atoms with E-state index in [4.69, 9.17) is 9.15 Å². The number of aryl methyl sites for hydroxylation is 1. The average molecular weight is 389 g/mol. The normalized spacial score (nSPS) is 10.6. The summed E-state index contributed by atoms with van der Waals surface area (Å²) in [5, 5.41) is 7.01. The molecule has 1 amide bonds. The van der Waals surface area contributed by atoms with Gasteiger partial charge in [-0.05, 0) is 24.6 Å². The predicted molar refractivity (Wildman–Crippen MR) is 97.4 cm³/mol. The molecule has 0 aliphatic rings. The molecule has 0 saturated carbocycles. The highest BCUT2D eigenvalue weighted by Gasteiger charge is 2.21. The third-order valence-electron chi connectivity index (χ3n) is 3.95. The van der Waals surface area contributed by atoms with Gasteiger partial charge in [0.25, 0.3) is 0 Å². The Morgan fingerprint density at radius 2 is 2.07 bits per heavy atom. The van der Waals surface area contributed by atoms with Crippen LogP contribution in [0.4, 0.5) is 5.00 Å². The number of benzene rings is 1. The van der Waals surface area contributed by atoms with Gasteiger partial charge < -0.3 is 19.2 Å². The molecule has 0 aliphatic carbocycles. The van der Waals surface area contributed by atoms with Gasteiger partial charge in [-0.3, -0.25) is 4.79 Å². The van der Waals surface area contributed by atoms with Crippen molar-refractivity contribution in [2.75, 3.05) is 19.5 Å². The molecule has 0 aliphatic heterocycles. The first kappa shape index (κ1) is 18.5. The molecule has 0 unspecified atom stereocenters. The summed E-state index contributed by atoms with van der Waals surface area (Å²) < 4.78 is 18.6.